The Morgan fingerprint density at radius 3 is 2.48 bits per heavy atom. The predicted molar refractivity (Wildman–Crippen MR) is 95.2 cm³/mol. The van der Waals surface area contributed by atoms with Gasteiger partial charge in [-0.25, -0.2) is 4.79 Å². The van der Waals surface area contributed by atoms with E-state index in [4.69, 9.17) is 9.63 Å². The smallest absolute Gasteiger partial charge is 0.326 e. The van der Waals surface area contributed by atoms with Crippen molar-refractivity contribution < 1.29 is 29.1 Å². The lowest BCUT2D eigenvalue weighted by Gasteiger charge is -2.13. The van der Waals surface area contributed by atoms with E-state index >= 15 is 0 Å². The molecule has 0 aliphatic carbocycles. The van der Waals surface area contributed by atoms with Gasteiger partial charge in [0.25, 0.3) is 5.91 Å². The molecular weight excluding hydrogens is 352 g/mol. The van der Waals surface area contributed by atoms with E-state index in [9.17, 15) is 19.5 Å². The van der Waals surface area contributed by atoms with Crippen LogP contribution in [0.4, 0.5) is 0 Å². The number of carbonyl (C=O) groups excluding carboxylic acids is 1. The third-order valence-corrected chi connectivity index (χ3v) is 4.02. The van der Waals surface area contributed by atoms with Gasteiger partial charge in [-0.3, -0.25) is 9.59 Å². The standard InChI is InChI=1S/C19H16N2O6/c22-16(23)9-8-15(19(25)26)20-18(24)12-6-7-14-13(10-12)17(27-21-14)11-4-2-1-3-5-11/h1-7,10,15H,8-9H2,(H,20,24)(H,22,23)(H,25,26)/t15-/m0/s1. The second-order valence-corrected chi connectivity index (χ2v) is 5.91. The van der Waals surface area contributed by atoms with Gasteiger partial charge < -0.3 is 20.1 Å². The molecule has 1 heterocycles. The first-order valence-corrected chi connectivity index (χ1v) is 8.16. The van der Waals surface area contributed by atoms with Crippen LogP contribution in [0.2, 0.25) is 0 Å². The molecule has 3 rings (SSSR count). The lowest BCUT2D eigenvalue weighted by atomic mass is 10.1. The Labute approximate surface area is 153 Å². The van der Waals surface area contributed by atoms with Crippen molar-refractivity contribution in [3.8, 4) is 11.3 Å². The maximum Gasteiger partial charge on any atom is 0.326 e. The van der Waals surface area contributed by atoms with Crippen LogP contribution in [-0.4, -0.2) is 39.3 Å². The van der Waals surface area contributed by atoms with E-state index in [1.54, 1.807) is 12.1 Å². The Balaban J connectivity index is 1.86. The van der Waals surface area contributed by atoms with Crippen LogP contribution in [0.3, 0.4) is 0 Å². The van der Waals surface area contributed by atoms with Crippen molar-refractivity contribution in [2.45, 2.75) is 18.9 Å². The van der Waals surface area contributed by atoms with E-state index in [0.717, 1.165) is 5.56 Å². The number of carbonyl (C=O) groups is 3. The Morgan fingerprint density at radius 1 is 1.07 bits per heavy atom. The number of hydrogen-bond donors (Lipinski definition) is 3. The van der Waals surface area contributed by atoms with Crippen LogP contribution in [0.25, 0.3) is 22.2 Å². The van der Waals surface area contributed by atoms with Crippen LogP contribution >= 0.6 is 0 Å². The van der Waals surface area contributed by atoms with Gasteiger partial charge in [0.15, 0.2) is 5.76 Å². The lowest BCUT2D eigenvalue weighted by Crippen LogP contribution is -2.41. The fourth-order valence-corrected chi connectivity index (χ4v) is 2.65. The molecule has 0 radical (unpaired) electrons. The number of hydrogen-bond acceptors (Lipinski definition) is 5. The number of nitrogens with one attached hydrogen (secondary N) is 1. The van der Waals surface area contributed by atoms with Gasteiger partial charge in [0.1, 0.15) is 11.6 Å². The molecule has 8 nitrogen and oxygen atoms in total. The van der Waals surface area contributed by atoms with Crippen molar-refractivity contribution in [1.82, 2.24) is 10.5 Å². The largest absolute Gasteiger partial charge is 0.481 e. The molecule has 0 saturated carbocycles. The average molecular weight is 368 g/mol. The second-order valence-electron chi connectivity index (χ2n) is 5.91. The molecule has 0 aliphatic heterocycles. The van der Waals surface area contributed by atoms with Crippen LogP contribution in [-0.2, 0) is 9.59 Å². The predicted octanol–water partition coefficient (Wildman–Crippen LogP) is 2.54. The van der Waals surface area contributed by atoms with Crippen LogP contribution < -0.4 is 5.32 Å². The third-order valence-electron chi connectivity index (χ3n) is 4.02. The van der Waals surface area contributed by atoms with Crippen LogP contribution in [0.1, 0.15) is 23.2 Å². The maximum absolute atomic E-state index is 12.4. The molecule has 0 spiro atoms. The normalized spacial score (nSPS) is 11.9. The first kappa shape index (κ1) is 18.1. The van der Waals surface area contributed by atoms with Gasteiger partial charge in [-0.2, -0.15) is 0 Å². The van der Waals surface area contributed by atoms with E-state index in [2.05, 4.69) is 10.5 Å². The van der Waals surface area contributed by atoms with Crippen molar-refractivity contribution in [1.29, 1.82) is 0 Å². The highest BCUT2D eigenvalue weighted by molar-refractivity contribution is 6.02. The highest BCUT2D eigenvalue weighted by atomic mass is 16.5. The summed E-state index contributed by atoms with van der Waals surface area (Å²) in [6, 6.07) is 12.6. The molecule has 0 saturated heterocycles. The number of aromatic nitrogens is 1. The number of fused-ring (bicyclic) bond motifs is 1. The molecule has 138 valence electrons. The Morgan fingerprint density at radius 2 is 1.81 bits per heavy atom. The summed E-state index contributed by atoms with van der Waals surface area (Å²) >= 11 is 0. The van der Waals surface area contributed by atoms with E-state index in [1.807, 2.05) is 30.3 Å². The fraction of sp³-hybridized carbons (Fsp3) is 0.158. The van der Waals surface area contributed by atoms with Crippen LogP contribution in [0.5, 0.6) is 0 Å². The zero-order valence-corrected chi connectivity index (χ0v) is 14.1. The molecular formula is C19H16N2O6. The highest BCUT2D eigenvalue weighted by Crippen LogP contribution is 2.29. The molecule has 27 heavy (non-hydrogen) atoms. The molecule has 8 heteroatoms. The first-order valence-electron chi connectivity index (χ1n) is 8.16. The minimum Gasteiger partial charge on any atom is -0.481 e. The van der Waals surface area contributed by atoms with Gasteiger partial charge in [-0.15, -0.1) is 0 Å². The summed E-state index contributed by atoms with van der Waals surface area (Å²) in [5.74, 6) is -2.54. The monoisotopic (exact) mass is 368 g/mol. The lowest BCUT2D eigenvalue weighted by molar-refractivity contribution is -0.140. The Hall–Kier alpha value is -3.68. The molecule has 1 atom stereocenters. The molecule has 0 unspecified atom stereocenters. The van der Waals surface area contributed by atoms with Gasteiger partial charge in [-0.1, -0.05) is 35.5 Å². The number of carboxylic acid groups (broad SMARTS) is 2. The van der Waals surface area contributed by atoms with Gasteiger partial charge in [-0.05, 0) is 24.6 Å². The third kappa shape index (κ3) is 4.12. The zero-order chi connectivity index (χ0) is 19.4. The second kappa shape index (κ2) is 7.69. The van der Waals surface area contributed by atoms with Crippen molar-refractivity contribution in [3.05, 3.63) is 54.1 Å². The molecule has 0 aliphatic rings. The summed E-state index contributed by atoms with van der Waals surface area (Å²) in [6.45, 7) is 0. The molecule has 2 aromatic carbocycles. The van der Waals surface area contributed by atoms with Gasteiger partial charge in [0.2, 0.25) is 0 Å². The highest BCUT2D eigenvalue weighted by Gasteiger charge is 2.22. The summed E-state index contributed by atoms with van der Waals surface area (Å²) in [4.78, 5) is 34.3. The number of carboxylic acids is 2. The zero-order valence-electron chi connectivity index (χ0n) is 14.1. The van der Waals surface area contributed by atoms with Crippen molar-refractivity contribution in [3.63, 3.8) is 0 Å². The number of aliphatic carboxylic acids is 2. The molecule has 3 aromatic rings. The summed E-state index contributed by atoms with van der Waals surface area (Å²) in [5.41, 5.74) is 1.58. The number of rotatable bonds is 7. The number of amides is 1. The average Bonchev–Trinajstić information content (AvgIpc) is 3.08. The van der Waals surface area contributed by atoms with Crippen LogP contribution in [0.15, 0.2) is 53.1 Å². The number of nitrogens with zero attached hydrogens (tertiary/aromatic N) is 1. The van der Waals surface area contributed by atoms with Crippen molar-refractivity contribution >= 4 is 28.7 Å². The van der Waals surface area contributed by atoms with Crippen molar-refractivity contribution in [2.24, 2.45) is 0 Å². The van der Waals surface area contributed by atoms with E-state index in [0.29, 0.717) is 16.7 Å². The Bertz CT molecular complexity index is 996. The topological polar surface area (TPSA) is 130 Å². The minimum atomic E-state index is -1.29. The Kier molecular flexibility index (Phi) is 5.16. The quantitative estimate of drug-likeness (QED) is 0.584. The summed E-state index contributed by atoms with van der Waals surface area (Å²) in [6.07, 6.45) is -0.568. The van der Waals surface area contributed by atoms with Gasteiger partial charge in [0, 0.05) is 17.5 Å². The molecule has 0 fully saturated rings. The molecule has 0 bridgehead atoms. The fourth-order valence-electron chi connectivity index (χ4n) is 2.65. The summed E-state index contributed by atoms with van der Waals surface area (Å²) in [5, 5.41) is 24.8. The summed E-state index contributed by atoms with van der Waals surface area (Å²) in [7, 11) is 0. The van der Waals surface area contributed by atoms with E-state index in [-0.39, 0.29) is 18.4 Å². The minimum absolute atomic E-state index is 0.207. The SMILES string of the molecule is O=C(O)CC[C@H](NC(=O)c1ccc2noc(-c3ccccc3)c2c1)C(=O)O. The number of benzene rings is 2. The van der Waals surface area contributed by atoms with Crippen LogP contribution in [0, 0.1) is 0 Å². The molecule has 1 amide bonds. The summed E-state index contributed by atoms with van der Waals surface area (Å²) < 4.78 is 5.38. The van der Waals surface area contributed by atoms with E-state index in [1.165, 1.54) is 6.07 Å². The molecule has 3 N–H and O–H groups in total. The van der Waals surface area contributed by atoms with Crippen molar-refractivity contribution in [2.75, 3.05) is 0 Å². The van der Waals surface area contributed by atoms with Gasteiger partial charge in [0.05, 0.1) is 5.39 Å². The molecule has 1 aromatic heterocycles. The van der Waals surface area contributed by atoms with E-state index < -0.39 is 23.9 Å². The maximum atomic E-state index is 12.4. The van der Waals surface area contributed by atoms with Gasteiger partial charge >= 0.3 is 11.9 Å². The first-order chi connectivity index (χ1) is 13.0.